The highest BCUT2D eigenvalue weighted by atomic mass is 79.9. The smallest absolute Gasteiger partial charge is 0.261 e. The minimum Gasteiger partial charge on any atom is -0.280 e. The molecule has 0 amide bonds. The van der Waals surface area contributed by atoms with Crippen molar-refractivity contribution < 1.29 is 8.42 Å². The molecule has 19 heavy (non-hydrogen) atoms. The van der Waals surface area contributed by atoms with Gasteiger partial charge >= 0.3 is 0 Å². The van der Waals surface area contributed by atoms with Crippen molar-refractivity contribution in [3.8, 4) is 12.3 Å². The fraction of sp³-hybridized carbons (Fsp3) is 0. The first-order valence-electron chi connectivity index (χ1n) is 5.36. The van der Waals surface area contributed by atoms with E-state index in [-0.39, 0.29) is 4.90 Å². The van der Waals surface area contributed by atoms with E-state index >= 15 is 0 Å². The fourth-order valence-electron chi connectivity index (χ4n) is 1.46. The molecule has 1 N–H and O–H groups in total. The summed E-state index contributed by atoms with van der Waals surface area (Å²) >= 11 is 3.26. The summed E-state index contributed by atoms with van der Waals surface area (Å²) < 4.78 is 27.5. The molecule has 0 radical (unpaired) electrons. The van der Waals surface area contributed by atoms with Crippen molar-refractivity contribution in [2.24, 2.45) is 0 Å². The van der Waals surface area contributed by atoms with E-state index in [2.05, 4.69) is 26.6 Å². The lowest BCUT2D eigenvalue weighted by Crippen LogP contribution is -2.12. The molecule has 2 aromatic carbocycles. The molecule has 2 aromatic rings. The molecule has 0 saturated carbocycles. The number of hydrogen-bond donors (Lipinski definition) is 1. The predicted octanol–water partition coefficient (Wildman–Crippen LogP) is 3.23. The van der Waals surface area contributed by atoms with Crippen molar-refractivity contribution in [1.82, 2.24) is 0 Å². The van der Waals surface area contributed by atoms with E-state index < -0.39 is 10.0 Å². The first-order chi connectivity index (χ1) is 9.01. The lowest BCUT2D eigenvalue weighted by atomic mass is 10.2. The van der Waals surface area contributed by atoms with E-state index in [4.69, 9.17) is 6.42 Å². The molecular formula is C14H10BrNO2S. The van der Waals surface area contributed by atoms with Crippen molar-refractivity contribution in [3.05, 3.63) is 58.6 Å². The standard InChI is InChI=1S/C14H10BrNO2S/c1-2-11-3-7-13(8-4-11)16-19(17,18)14-9-5-12(15)6-10-14/h1,3-10,16H. The number of halogens is 1. The maximum absolute atomic E-state index is 12.1. The van der Waals surface area contributed by atoms with Gasteiger partial charge in [0.1, 0.15) is 0 Å². The van der Waals surface area contributed by atoms with E-state index in [1.165, 1.54) is 12.1 Å². The SMILES string of the molecule is C#Cc1ccc(NS(=O)(=O)c2ccc(Br)cc2)cc1. The Morgan fingerprint density at radius 3 is 2.11 bits per heavy atom. The molecule has 0 atom stereocenters. The third kappa shape index (κ3) is 3.37. The van der Waals surface area contributed by atoms with Crippen LogP contribution in [0.2, 0.25) is 0 Å². The minimum absolute atomic E-state index is 0.205. The summed E-state index contributed by atoms with van der Waals surface area (Å²) in [5.74, 6) is 2.47. The van der Waals surface area contributed by atoms with Gasteiger partial charge < -0.3 is 0 Å². The average molecular weight is 336 g/mol. The zero-order valence-corrected chi connectivity index (χ0v) is 12.2. The number of nitrogens with one attached hydrogen (secondary N) is 1. The average Bonchev–Trinajstić information content (AvgIpc) is 2.40. The van der Waals surface area contributed by atoms with Crippen LogP contribution in [0.15, 0.2) is 57.9 Å². The Morgan fingerprint density at radius 1 is 1.00 bits per heavy atom. The number of benzene rings is 2. The molecule has 0 aliphatic carbocycles. The Hall–Kier alpha value is -1.77. The van der Waals surface area contributed by atoms with Crippen LogP contribution in [0.1, 0.15) is 5.56 Å². The van der Waals surface area contributed by atoms with Crippen LogP contribution in [-0.4, -0.2) is 8.42 Å². The lowest BCUT2D eigenvalue weighted by Gasteiger charge is -2.08. The summed E-state index contributed by atoms with van der Waals surface area (Å²) in [6, 6.07) is 13.0. The van der Waals surface area contributed by atoms with Gasteiger partial charge in [-0.25, -0.2) is 8.42 Å². The molecule has 0 fully saturated rings. The van der Waals surface area contributed by atoms with Crippen LogP contribution < -0.4 is 4.72 Å². The molecule has 2 rings (SSSR count). The molecule has 0 aliphatic rings. The Labute approximate surface area is 120 Å². The van der Waals surface area contributed by atoms with Crippen LogP contribution in [-0.2, 0) is 10.0 Å². The molecule has 0 saturated heterocycles. The summed E-state index contributed by atoms with van der Waals surface area (Å²) in [5, 5.41) is 0. The Kier molecular flexibility index (Phi) is 3.93. The maximum Gasteiger partial charge on any atom is 0.261 e. The van der Waals surface area contributed by atoms with Crippen molar-refractivity contribution >= 4 is 31.6 Å². The van der Waals surface area contributed by atoms with E-state index in [9.17, 15) is 8.42 Å². The second-order valence-corrected chi connectivity index (χ2v) is 6.38. The topological polar surface area (TPSA) is 46.2 Å². The summed E-state index contributed by atoms with van der Waals surface area (Å²) in [5.41, 5.74) is 1.17. The van der Waals surface area contributed by atoms with Gasteiger partial charge in [0.05, 0.1) is 4.90 Å². The number of terminal acetylenes is 1. The molecule has 0 bridgehead atoms. The van der Waals surface area contributed by atoms with Gasteiger partial charge in [0.25, 0.3) is 10.0 Å². The highest BCUT2D eigenvalue weighted by Crippen LogP contribution is 2.18. The first kappa shape index (κ1) is 13.7. The summed E-state index contributed by atoms with van der Waals surface area (Å²) in [6.45, 7) is 0. The fourth-order valence-corrected chi connectivity index (χ4v) is 2.79. The lowest BCUT2D eigenvalue weighted by molar-refractivity contribution is 0.601. The van der Waals surface area contributed by atoms with E-state index in [1.54, 1.807) is 36.4 Å². The van der Waals surface area contributed by atoms with Crippen molar-refractivity contribution in [3.63, 3.8) is 0 Å². The Bertz CT molecular complexity index is 714. The summed E-state index contributed by atoms with van der Waals surface area (Å²) in [6.07, 6.45) is 5.24. The summed E-state index contributed by atoms with van der Waals surface area (Å²) in [4.78, 5) is 0.205. The largest absolute Gasteiger partial charge is 0.280 e. The molecule has 0 unspecified atom stereocenters. The molecule has 5 heteroatoms. The van der Waals surface area contributed by atoms with Gasteiger partial charge in [0.2, 0.25) is 0 Å². The second kappa shape index (κ2) is 5.47. The highest BCUT2D eigenvalue weighted by molar-refractivity contribution is 9.10. The van der Waals surface area contributed by atoms with Crippen LogP contribution in [0.25, 0.3) is 0 Å². The molecular weight excluding hydrogens is 326 g/mol. The predicted molar refractivity (Wildman–Crippen MR) is 79.3 cm³/mol. The van der Waals surface area contributed by atoms with Gasteiger partial charge in [-0.1, -0.05) is 21.9 Å². The zero-order valence-electron chi connectivity index (χ0n) is 9.80. The number of hydrogen-bond acceptors (Lipinski definition) is 2. The molecule has 0 spiro atoms. The molecule has 0 aromatic heterocycles. The molecule has 0 aliphatic heterocycles. The van der Waals surface area contributed by atoms with Crippen LogP contribution in [0.3, 0.4) is 0 Å². The van der Waals surface area contributed by atoms with Crippen LogP contribution >= 0.6 is 15.9 Å². The quantitative estimate of drug-likeness (QED) is 0.875. The zero-order chi connectivity index (χ0) is 13.9. The molecule has 96 valence electrons. The maximum atomic E-state index is 12.1. The van der Waals surface area contributed by atoms with E-state index in [0.29, 0.717) is 11.3 Å². The van der Waals surface area contributed by atoms with Crippen molar-refractivity contribution in [2.45, 2.75) is 4.90 Å². The van der Waals surface area contributed by atoms with Gasteiger partial charge in [-0.2, -0.15) is 0 Å². The van der Waals surface area contributed by atoms with Gasteiger partial charge in [-0.05, 0) is 48.5 Å². The van der Waals surface area contributed by atoms with Crippen LogP contribution in [0.4, 0.5) is 5.69 Å². The monoisotopic (exact) mass is 335 g/mol. The number of rotatable bonds is 3. The van der Waals surface area contributed by atoms with Crippen molar-refractivity contribution in [2.75, 3.05) is 4.72 Å². The third-order valence-electron chi connectivity index (χ3n) is 2.43. The van der Waals surface area contributed by atoms with Gasteiger partial charge in [-0.3, -0.25) is 4.72 Å². The van der Waals surface area contributed by atoms with E-state index in [1.807, 2.05) is 0 Å². The van der Waals surface area contributed by atoms with E-state index in [0.717, 1.165) is 4.47 Å². The number of anilines is 1. The van der Waals surface area contributed by atoms with Gasteiger partial charge in [0, 0.05) is 15.7 Å². The highest BCUT2D eigenvalue weighted by Gasteiger charge is 2.13. The number of sulfonamides is 1. The first-order valence-corrected chi connectivity index (χ1v) is 7.64. The minimum atomic E-state index is -3.57. The summed E-state index contributed by atoms with van der Waals surface area (Å²) in [7, 11) is -3.57. The normalized spacial score (nSPS) is 10.7. The van der Waals surface area contributed by atoms with Crippen molar-refractivity contribution in [1.29, 1.82) is 0 Å². The molecule has 0 heterocycles. The molecule has 3 nitrogen and oxygen atoms in total. The van der Waals surface area contributed by atoms with Crippen LogP contribution in [0.5, 0.6) is 0 Å². The van der Waals surface area contributed by atoms with Gasteiger partial charge in [0.15, 0.2) is 0 Å². The third-order valence-corrected chi connectivity index (χ3v) is 4.35. The Balaban J connectivity index is 2.26. The van der Waals surface area contributed by atoms with Gasteiger partial charge in [-0.15, -0.1) is 6.42 Å². The second-order valence-electron chi connectivity index (χ2n) is 3.78. The Morgan fingerprint density at radius 2 is 1.58 bits per heavy atom. The van der Waals surface area contributed by atoms with Crippen LogP contribution in [0, 0.1) is 12.3 Å².